The van der Waals surface area contributed by atoms with Gasteiger partial charge in [0.2, 0.25) is 12.3 Å². The summed E-state index contributed by atoms with van der Waals surface area (Å²) < 4.78 is 38.0. The molecule has 0 bridgehead atoms. The molecule has 5 N–H and O–H groups in total. The van der Waals surface area contributed by atoms with Gasteiger partial charge in [-0.2, -0.15) is 0 Å². The predicted molar refractivity (Wildman–Crippen MR) is 83.2 cm³/mol. The van der Waals surface area contributed by atoms with E-state index in [0.29, 0.717) is 36.7 Å². The van der Waals surface area contributed by atoms with E-state index in [-0.39, 0.29) is 13.3 Å². The zero-order chi connectivity index (χ0) is 17.8. The molecule has 0 saturated heterocycles. The predicted octanol–water partition coefficient (Wildman–Crippen LogP) is 0.803. The van der Waals surface area contributed by atoms with Crippen molar-refractivity contribution in [2.24, 2.45) is 0 Å². The van der Waals surface area contributed by atoms with Crippen LogP contribution in [0.5, 0.6) is 17.2 Å². The molecule has 10 nitrogen and oxygen atoms in total. The number of hydrogen-bond acceptors (Lipinski definition) is 6. The molecular formula is C12H19NO9P2. The lowest BCUT2D eigenvalue weighted by atomic mass is 10.3. The van der Waals surface area contributed by atoms with E-state index in [0.717, 1.165) is 0 Å². The summed E-state index contributed by atoms with van der Waals surface area (Å²) in [6.07, 6.45) is 0.942. The summed E-state index contributed by atoms with van der Waals surface area (Å²) in [5.41, 5.74) is -2.18. The second kappa shape index (κ2) is 7.84. The van der Waals surface area contributed by atoms with Crippen molar-refractivity contribution in [2.75, 3.05) is 19.9 Å². The highest BCUT2D eigenvalue weighted by Crippen LogP contribution is 2.58. The molecule has 1 aromatic carbocycles. The fraction of sp³-hybridized carbons (Fsp3) is 0.500. The van der Waals surface area contributed by atoms with E-state index in [2.05, 4.69) is 5.32 Å². The SMILES string of the molecule is O=P(O)(O)C(NCCCCOc1ccc2c(c1)OCO2)P(=O)(O)O. The molecule has 0 aliphatic carbocycles. The maximum absolute atomic E-state index is 11.1. The minimum Gasteiger partial charge on any atom is -0.493 e. The molecule has 0 amide bonds. The fourth-order valence-electron chi connectivity index (χ4n) is 2.05. The standard InChI is InChI=1S/C12H19NO9P2/c14-23(15,16)12(24(17,18)19)13-5-1-2-6-20-9-3-4-10-11(7-9)22-8-21-10/h3-4,7,12-13H,1-2,5-6,8H2,(H2,14,15,16)(H2,17,18,19). The third-order valence-corrected chi connectivity index (χ3v) is 6.59. The van der Waals surface area contributed by atoms with Crippen LogP contribution in [0, 0.1) is 0 Å². The molecule has 0 spiro atoms. The fourth-order valence-corrected chi connectivity index (χ4v) is 4.35. The molecule has 24 heavy (non-hydrogen) atoms. The molecule has 0 radical (unpaired) electrons. The van der Waals surface area contributed by atoms with Gasteiger partial charge in [-0.1, -0.05) is 0 Å². The monoisotopic (exact) mass is 383 g/mol. The van der Waals surface area contributed by atoms with Crippen molar-refractivity contribution in [2.45, 2.75) is 18.4 Å². The molecule has 136 valence electrons. The van der Waals surface area contributed by atoms with Crippen LogP contribution in [0.2, 0.25) is 0 Å². The van der Waals surface area contributed by atoms with Crippen LogP contribution in [0.25, 0.3) is 0 Å². The summed E-state index contributed by atoms with van der Waals surface area (Å²) >= 11 is 0. The Morgan fingerprint density at radius 3 is 2.42 bits per heavy atom. The van der Waals surface area contributed by atoms with E-state index in [4.69, 9.17) is 33.8 Å². The smallest absolute Gasteiger partial charge is 0.354 e. The molecule has 0 unspecified atom stereocenters. The van der Waals surface area contributed by atoms with Gasteiger partial charge in [-0.3, -0.25) is 14.4 Å². The second-order valence-corrected chi connectivity index (χ2v) is 8.87. The van der Waals surface area contributed by atoms with Crippen LogP contribution in [0.1, 0.15) is 12.8 Å². The van der Waals surface area contributed by atoms with Gasteiger partial charge in [-0.15, -0.1) is 0 Å². The average Bonchev–Trinajstić information content (AvgIpc) is 2.91. The van der Waals surface area contributed by atoms with Gasteiger partial charge in [0, 0.05) is 6.07 Å². The number of rotatable bonds is 9. The van der Waals surface area contributed by atoms with Crippen LogP contribution >= 0.6 is 15.2 Å². The van der Waals surface area contributed by atoms with Gasteiger partial charge in [0.05, 0.1) is 6.61 Å². The second-order valence-electron chi connectivity index (χ2n) is 5.08. The van der Waals surface area contributed by atoms with Crippen molar-refractivity contribution < 1.29 is 42.9 Å². The van der Waals surface area contributed by atoms with Crippen LogP contribution in [0.4, 0.5) is 0 Å². The largest absolute Gasteiger partial charge is 0.493 e. The van der Waals surface area contributed by atoms with Crippen molar-refractivity contribution in [3.05, 3.63) is 18.2 Å². The van der Waals surface area contributed by atoms with E-state index in [1.165, 1.54) is 0 Å². The minimum atomic E-state index is -4.94. The van der Waals surface area contributed by atoms with E-state index >= 15 is 0 Å². The van der Waals surface area contributed by atoms with Gasteiger partial charge in [-0.25, -0.2) is 0 Å². The van der Waals surface area contributed by atoms with Gasteiger partial charge >= 0.3 is 15.2 Å². The zero-order valence-corrected chi connectivity index (χ0v) is 14.4. The molecule has 0 fully saturated rings. The third-order valence-electron chi connectivity index (χ3n) is 3.15. The number of benzene rings is 1. The molecule has 1 aliphatic heterocycles. The Labute approximate surface area is 138 Å². The van der Waals surface area contributed by atoms with Crippen LogP contribution < -0.4 is 19.5 Å². The highest BCUT2D eigenvalue weighted by molar-refractivity contribution is 7.70. The molecule has 1 heterocycles. The third kappa shape index (κ3) is 5.46. The summed E-state index contributed by atoms with van der Waals surface area (Å²) in [5.74, 6) is 1.84. The quantitative estimate of drug-likeness (QED) is 0.305. The van der Waals surface area contributed by atoms with Crippen molar-refractivity contribution in [1.29, 1.82) is 0 Å². The summed E-state index contributed by atoms with van der Waals surface area (Å²) in [5, 5.41) is 2.21. The first kappa shape index (κ1) is 19.2. The highest BCUT2D eigenvalue weighted by Gasteiger charge is 2.42. The number of nitrogens with one attached hydrogen (secondary N) is 1. The number of fused-ring (bicyclic) bond motifs is 1. The molecule has 0 aromatic heterocycles. The van der Waals surface area contributed by atoms with E-state index in [1.807, 2.05) is 0 Å². The summed E-state index contributed by atoms with van der Waals surface area (Å²) in [6, 6.07) is 5.14. The van der Waals surface area contributed by atoms with Crippen molar-refractivity contribution in [3.63, 3.8) is 0 Å². The average molecular weight is 383 g/mol. The van der Waals surface area contributed by atoms with E-state index < -0.39 is 20.7 Å². The number of hydrogen-bond donors (Lipinski definition) is 5. The minimum absolute atomic E-state index is 0.0331. The molecule has 12 heteroatoms. The molecule has 0 atom stereocenters. The van der Waals surface area contributed by atoms with Gasteiger partial charge in [0.1, 0.15) is 5.75 Å². The Kier molecular flexibility index (Phi) is 6.28. The molecule has 2 rings (SSSR count). The molecule has 1 aromatic rings. The van der Waals surface area contributed by atoms with Gasteiger partial charge in [0.15, 0.2) is 11.5 Å². The first-order valence-electron chi connectivity index (χ1n) is 7.04. The number of ether oxygens (including phenoxy) is 3. The first-order chi connectivity index (χ1) is 11.2. The Hall–Kier alpha value is -1.12. The normalized spacial score (nSPS) is 14.2. The lowest BCUT2D eigenvalue weighted by molar-refractivity contribution is 0.173. The van der Waals surface area contributed by atoms with E-state index in [9.17, 15) is 9.13 Å². The van der Waals surface area contributed by atoms with E-state index in [1.54, 1.807) is 18.2 Å². The maximum atomic E-state index is 11.1. The Morgan fingerprint density at radius 2 is 1.75 bits per heavy atom. The van der Waals surface area contributed by atoms with Crippen molar-refractivity contribution >= 4 is 15.2 Å². The zero-order valence-electron chi connectivity index (χ0n) is 12.6. The van der Waals surface area contributed by atoms with Gasteiger partial charge in [0.25, 0.3) is 0 Å². The van der Waals surface area contributed by atoms with Crippen LogP contribution in [-0.2, 0) is 9.13 Å². The lowest BCUT2D eigenvalue weighted by Gasteiger charge is -2.20. The highest BCUT2D eigenvalue weighted by atomic mass is 31.2. The van der Waals surface area contributed by atoms with Gasteiger partial charge < -0.3 is 33.8 Å². The lowest BCUT2D eigenvalue weighted by Crippen LogP contribution is -2.30. The molecular weight excluding hydrogens is 364 g/mol. The first-order valence-corrected chi connectivity index (χ1v) is 10.4. The van der Waals surface area contributed by atoms with Crippen LogP contribution in [0.3, 0.4) is 0 Å². The van der Waals surface area contributed by atoms with Crippen LogP contribution in [-0.4, -0.2) is 45.0 Å². The van der Waals surface area contributed by atoms with Crippen LogP contribution in [0.15, 0.2) is 18.2 Å². The summed E-state index contributed by atoms with van der Waals surface area (Å²) in [6.45, 7) is 0.536. The number of unbranched alkanes of at least 4 members (excludes halogenated alkanes) is 1. The maximum Gasteiger partial charge on any atom is 0.354 e. The summed E-state index contributed by atoms with van der Waals surface area (Å²) in [4.78, 5) is 35.8. The molecule has 0 saturated carbocycles. The van der Waals surface area contributed by atoms with Gasteiger partial charge in [-0.05, 0) is 31.5 Å². The Morgan fingerprint density at radius 1 is 1.08 bits per heavy atom. The van der Waals surface area contributed by atoms with Crippen molar-refractivity contribution in [3.8, 4) is 17.2 Å². The topological polar surface area (TPSA) is 155 Å². The Bertz CT molecular complexity index is 634. The molecule has 1 aliphatic rings. The Balaban J connectivity index is 1.69. The summed E-state index contributed by atoms with van der Waals surface area (Å²) in [7, 11) is -9.88. The van der Waals surface area contributed by atoms with Crippen molar-refractivity contribution in [1.82, 2.24) is 5.32 Å².